The standard InChI is InChI=1S/C28H41N4O5P/c1-6-21-18(2)19-15-24-26(21)31(17-19)10-9-22-23-16-20(37-28(33)30-13-11-29(3)12-14-30)7-8-25(23)32(27(22)24)38(34,35-4)36-5/h7-8,16,18-19,21,24,26H,6,9-15,17H2,1-5H3/t18-,19-,21-,24+,26?/m0/s1. The van der Waals surface area contributed by atoms with Gasteiger partial charge in [0, 0.05) is 76.5 Å². The predicted molar refractivity (Wildman–Crippen MR) is 147 cm³/mol. The first-order valence-corrected chi connectivity index (χ1v) is 15.6. The molecule has 4 fully saturated rings. The Hall–Kier alpha value is -1.90. The molecule has 2 aromatic rings. The van der Waals surface area contributed by atoms with Crippen molar-refractivity contribution in [3.8, 4) is 5.75 Å². The van der Waals surface area contributed by atoms with Crippen molar-refractivity contribution in [2.75, 3.05) is 60.5 Å². The molecule has 5 heterocycles. The van der Waals surface area contributed by atoms with E-state index in [0.717, 1.165) is 62.0 Å². The predicted octanol–water partition coefficient (Wildman–Crippen LogP) is 4.64. The minimum absolute atomic E-state index is 0.259. The number of nitrogens with zero attached hydrogens (tertiary/aromatic N) is 4. The van der Waals surface area contributed by atoms with Crippen LogP contribution in [-0.4, -0.2) is 91.7 Å². The molecule has 0 N–H and O–H groups in total. The topological polar surface area (TPSA) is 76.5 Å². The Kier molecular flexibility index (Phi) is 6.88. The van der Waals surface area contributed by atoms with Gasteiger partial charge in [0.25, 0.3) is 0 Å². The SMILES string of the molecule is CC[C@@H]1C2[C@H]3C[C@@H](CN2CCc2c3n(P(=O)(OC)OC)c3ccc(OC(=O)N4CCN(C)CC4)cc23)[C@@H]1C. The highest BCUT2D eigenvalue weighted by molar-refractivity contribution is 7.52. The van der Waals surface area contributed by atoms with Crippen molar-refractivity contribution < 1.29 is 23.1 Å². The van der Waals surface area contributed by atoms with Crippen molar-refractivity contribution in [1.29, 1.82) is 0 Å². The van der Waals surface area contributed by atoms with E-state index in [1.807, 2.05) is 16.5 Å². The number of likely N-dealkylation sites (N-methyl/N-ethyl adjacent to an activating group) is 1. The molecule has 208 valence electrons. The summed E-state index contributed by atoms with van der Waals surface area (Å²) in [6.45, 7) is 9.84. The van der Waals surface area contributed by atoms with Gasteiger partial charge in [0.2, 0.25) is 0 Å². The van der Waals surface area contributed by atoms with Crippen LogP contribution >= 0.6 is 7.75 Å². The van der Waals surface area contributed by atoms with E-state index in [-0.39, 0.29) is 12.0 Å². The van der Waals surface area contributed by atoms with Crippen LogP contribution in [0.15, 0.2) is 18.2 Å². The summed E-state index contributed by atoms with van der Waals surface area (Å²) in [5, 5.41) is 0.976. The average molecular weight is 545 g/mol. The zero-order valence-corrected chi connectivity index (χ0v) is 24.2. The van der Waals surface area contributed by atoms with Gasteiger partial charge in [-0.3, -0.25) is 18.3 Å². The molecule has 9 nitrogen and oxygen atoms in total. The van der Waals surface area contributed by atoms with Crippen molar-refractivity contribution in [1.82, 2.24) is 19.0 Å². The lowest BCUT2D eigenvalue weighted by molar-refractivity contribution is -0.0543. The summed E-state index contributed by atoms with van der Waals surface area (Å²) in [6.07, 6.45) is 2.76. The zero-order valence-electron chi connectivity index (χ0n) is 23.3. The molecular weight excluding hydrogens is 503 g/mol. The molecule has 4 bridgehead atoms. The third-order valence-corrected chi connectivity index (χ3v) is 11.8. The van der Waals surface area contributed by atoms with Crippen LogP contribution in [0.2, 0.25) is 0 Å². The molecule has 3 saturated heterocycles. The fourth-order valence-corrected chi connectivity index (χ4v) is 9.36. The van der Waals surface area contributed by atoms with Gasteiger partial charge in [-0.25, -0.2) is 9.36 Å². The molecule has 10 heteroatoms. The summed E-state index contributed by atoms with van der Waals surface area (Å²) in [6, 6.07) is 6.09. The molecule has 1 aromatic carbocycles. The number of amides is 1. The maximum atomic E-state index is 14.1. The summed E-state index contributed by atoms with van der Waals surface area (Å²) in [4.78, 5) is 19.6. The lowest BCUT2D eigenvalue weighted by Crippen LogP contribution is -2.59. The van der Waals surface area contributed by atoms with Crippen LogP contribution in [0.3, 0.4) is 0 Å². The largest absolute Gasteiger partial charge is 0.439 e. The molecule has 7 rings (SSSR count). The number of rotatable bonds is 5. The molecule has 38 heavy (non-hydrogen) atoms. The number of piperazine rings is 1. The summed E-state index contributed by atoms with van der Waals surface area (Å²) in [5.41, 5.74) is 3.10. The van der Waals surface area contributed by atoms with Crippen LogP contribution in [0.5, 0.6) is 5.75 Å². The van der Waals surface area contributed by atoms with Crippen LogP contribution in [0, 0.1) is 17.8 Å². The average Bonchev–Trinajstić information content (AvgIpc) is 3.21. The summed E-state index contributed by atoms with van der Waals surface area (Å²) in [5.74, 6) is 2.69. The van der Waals surface area contributed by atoms with Gasteiger partial charge >= 0.3 is 13.8 Å². The van der Waals surface area contributed by atoms with Crippen molar-refractivity contribution in [3.05, 3.63) is 29.5 Å². The van der Waals surface area contributed by atoms with Crippen LogP contribution in [-0.2, 0) is 20.0 Å². The minimum atomic E-state index is -3.62. The second-order valence-corrected chi connectivity index (χ2v) is 13.7. The highest BCUT2D eigenvalue weighted by atomic mass is 31.2. The minimum Gasteiger partial charge on any atom is -0.410 e. The van der Waals surface area contributed by atoms with E-state index >= 15 is 0 Å². The van der Waals surface area contributed by atoms with Gasteiger partial charge in [-0.15, -0.1) is 0 Å². The quantitative estimate of drug-likeness (QED) is 0.508. The van der Waals surface area contributed by atoms with Gasteiger partial charge in [-0.05, 0) is 61.4 Å². The molecule has 5 aliphatic rings. The maximum Gasteiger partial charge on any atom is 0.439 e. The fourth-order valence-electron chi connectivity index (χ4n) is 7.91. The first kappa shape index (κ1) is 26.3. The fraction of sp³-hybridized carbons (Fsp3) is 0.679. The van der Waals surface area contributed by atoms with E-state index in [2.05, 4.69) is 30.7 Å². The number of carbonyl (C=O) groups excluding carboxylic acids is 1. The van der Waals surface area contributed by atoms with E-state index in [1.165, 1.54) is 19.8 Å². The first-order chi connectivity index (χ1) is 18.3. The molecule has 0 spiro atoms. The number of piperidine rings is 2. The molecule has 4 aliphatic heterocycles. The third kappa shape index (κ3) is 4.05. The van der Waals surface area contributed by atoms with Gasteiger partial charge in [0.15, 0.2) is 0 Å². The van der Waals surface area contributed by atoms with Gasteiger partial charge in [-0.1, -0.05) is 20.3 Å². The summed E-state index contributed by atoms with van der Waals surface area (Å²) < 4.78 is 33.1. The van der Waals surface area contributed by atoms with E-state index in [1.54, 1.807) is 11.0 Å². The Bertz CT molecular complexity index is 1260. The molecule has 1 aromatic heterocycles. The molecule has 1 aliphatic carbocycles. The van der Waals surface area contributed by atoms with Crippen molar-refractivity contribution >= 4 is 24.7 Å². The number of carbonyl (C=O) groups is 1. The Morgan fingerprint density at radius 1 is 1.11 bits per heavy atom. The van der Waals surface area contributed by atoms with Crippen LogP contribution in [0.25, 0.3) is 10.9 Å². The number of fused-ring (bicyclic) bond motifs is 4. The van der Waals surface area contributed by atoms with Gasteiger partial charge in [-0.2, -0.15) is 0 Å². The van der Waals surface area contributed by atoms with Crippen molar-refractivity contribution in [2.24, 2.45) is 17.8 Å². The highest BCUT2D eigenvalue weighted by Gasteiger charge is 2.53. The molecule has 2 unspecified atom stereocenters. The lowest BCUT2D eigenvalue weighted by atomic mass is 9.60. The van der Waals surface area contributed by atoms with E-state index in [9.17, 15) is 9.36 Å². The van der Waals surface area contributed by atoms with Crippen LogP contribution in [0.1, 0.15) is 43.9 Å². The summed E-state index contributed by atoms with van der Waals surface area (Å²) in [7, 11) is 1.37. The van der Waals surface area contributed by atoms with Gasteiger partial charge in [0.05, 0.1) is 5.52 Å². The van der Waals surface area contributed by atoms with Crippen LogP contribution in [0.4, 0.5) is 4.79 Å². The Balaban J connectivity index is 1.45. The number of hydrogen-bond acceptors (Lipinski definition) is 7. The smallest absolute Gasteiger partial charge is 0.410 e. The highest BCUT2D eigenvalue weighted by Crippen LogP contribution is 2.59. The molecule has 6 atom stereocenters. The maximum absolute atomic E-state index is 14.1. The van der Waals surface area contributed by atoms with Crippen molar-refractivity contribution in [3.63, 3.8) is 0 Å². The van der Waals surface area contributed by atoms with E-state index in [4.69, 9.17) is 13.8 Å². The monoisotopic (exact) mass is 544 g/mol. The number of aromatic nitrogens is 1. The number of hydrogen-bond donors (Lipinski definition) is 0. The summed E-state index contributed by atoms with van der Waals surface area (Å²) >= 11 is 0. The second-order valence-electron chi connectivity index (χ2n) is 11.6. The molecular formula is C28H41N4O5P. The Morgan fingerprint density at radius 3 is 2.53 bits per heavy atom. The number of benzene rings is 1. The van der Waals surface area contributed by atoms with Gasteiger partial charge in [0.1, 0.15) is 5.75 Å². The van der Waals surface area contributed by atoms with E-state index < -0.39 is 7.75 Å². The van der Waals surface area contributed by atoms with E-state index in [0.29, 0.717) is 42.6 Å². The Morgan fingerprint density at radius 2 is 1.84 bits per heavy atom. The molecule has 0 radical (unpaired) electrons. The normalized spacial score (nSPS) is 31.3. The third-order valence-electron chi connectivity index (χ3n) is 9.92. The zero-order chi connectivity index (χ0) is 26.8. The Labute approximate surface area is 225 Å². The second kappa shape index (κ2) is 9.93. The van der Waals surface area contributed by atoms with Crippen molar-refractivity contribution in [2.45, 2.75) is 45.1 Å². The lowest BCUT2D eigenvalue weighted by Gasteiger charge is -2.56. The van der Waals surface area contributed by atoms with Gasteiger partial charge < -0.3 is 14.5 Å². The molecule has 1 amide bonds. The number of ether oxygens (including phenoxy) is 1. The van der Waals surface area contributed by atoms with Crippen LogP contribution < -0.4 is 4.74 Å². The molecule has 1 saturated carbocycles. The first-order valence-electron chi connectivity index (χ1n) is 14.1.